The molecule has 0 saturated heterocycles. The topological polar surface area (TPSA) is 105 Å². The Hall–Kier alpha value is -3.76. The molecule has 3 rings (SSSR count). The molecule has 0 radical (unpaired) electrons. The van der Waals surface area contributed by atoms with E-state index < -0.39 is 28.5 Å². The Morgan fingerprint density at radius 1 is 0.952 bits per heavy atom. The van der Waals surface area contributed by atoms with Crippen LogP contribution in [0.2, 0.25) is 5.02 Å². The highest BCUT2D eigenvalue weighted by molar-refractivity contribution is 7.92. The second kappa shape index (κ2) is 14.4. The summed E-state index contributed by atoms with van der Waals surface area (Å²) in [6.07, 6.45) is 0.714. The van der Waals surface area contributed by atoms with E-state index in [-0.39, 0.29) is 34.1 Å². The van der Waals surface area contributed by atoms with E-state index in [1.54, 1.807) is 50.4 Å². The molecule has 0 aliphatic heterocycles. The van der Waals surface area contributed by atoms with Gasteiger partial charge in [0.25, 0.3) is 10.0 Å². The van der Waals surface area contributed by atoms with Gasteiger partial charge < -0.3 is 19.7 Å². The minimum absolute atomic E-state index is 0.0112. The third kappa shape index (κ3) is 7.95. The molecule has 0 spiro atoms. The zero-order valence-corrected chi connectivity index (χ0v) is 26.3. The molecule has 226 valence electrons. The third-order valence-corrected chi connectivity index (χ3v) is 9.07. The first kappa shape index (κ1) is 32.8. The summed E-state index contributed by atoms with van der Waals surface area (Å²) in [7, 11) is -1.21. The first-order chi connectivity index (χ1) is 19.9. The number of sulfonamides is 1. The van der Waals surface area contributed by atoms with Crippen LogP contribution in [0.3, 0.4) is 0 Å². The number of carbonyl (C=O) groups excluding carboxylic acids is 2. The average molecular weight is 616 g/mol. The molecule has 1 N–H and O–H groups in total. The lowest BCUT2D eigenvalue weighted by molar-refractivity contribution is -0.139. The van der Waals surface area contributed by atoms with Crippen LogP contribution in [0.4, 0.5) is 5.69 Å². The molecular weight excluding hydrogens is 578 g/mol. The lowest BCUT2D eigenvalue weighted by Crippen LogP contribution is -2.52. The molecular formula is C31H38ClN3O6S. The zero-order chi connectivity index (χ0) is 31.0. The largest absolute Gasteiger partial charge is 0.497 e. The fourth-order valence-electron chi connectivity index (χ4n) is 4.15. The highest BCUT2D eigenvalue weighted by Crippen LogP contribution is 2.32. The summed E-state index contributed by atoms with van der Waals surface area (Å²) < 4.78 is 39.4. The van der Waals surface area contributed by atoms with E-state index in [9.17, 15) is 18.0 Å². The van der Waals surface area contributed by atoms with Gasteiger partial charge in [0.2, 0.25) is 11.8 Å². The monoisotopic (exact) mass is 615 g/mol. The average Bonchev–Trinajstić information content (AvgIpc) is 2.98. The summed E-state index contributed by atoms with van der Waals surface area (Å²) in [6, 6.07) is 17.0. The van der Waals surface area contributed by atoms with E-state index in [1.807, 2.05) is 20.8 Å². The van der Waals surface area contributed by atoms with Gasteiger partial charge in [0.05, 0.1) is 29.8 Å². The zero-order valence-electron chi connectivity index (χ0n) is 24.8. The minimum Gasteiger partial charge on any atom is -0.497 e. The fraction of sp³-hybridized carbons (Fsp3) is 0.355. The second-order valence-electron chi connectivity index (χ2n) is 10.0. The number of rotatable bonds is 13. The van der Waals surface area contributed by atoms with Crippen molar-refractivity contribution in [1.29, 1.82) is 0 Å². The van der Waals surface area contributed by atoms with Crippen LogP contribution in [0.5, 0.6) is 11.5 Å². The molecule has 42 heavy (non-hydrogen) atoms. The fourth-order valence-corrected chi connectivity index (χ4v) is 5.81. The van der Waals surface area contributed by atoms with E-state index in [4.69, 9.17) is 21.1 Å². The molecule has 0 heterocycles. The van der Waals surface area contributed by atoms with Crippen LogP contribution < -0.4 is 19.1 Å². The van der Waals surface area contributed by atoms with E-state index in [0.29, 0.717) is 17.9 Å². The van der Waals surface area contributed by atoms with Crippen molar-refractivity contribution in [3.8, 4) is 11.5 Å². The summed E-state index contributed by atoms with van der Waals surface area (Å²) >= 11 is 6.37. The van der Waals surface area contributed by atoms with Gasteiger partial charge in [0.1, 0.15) is 24.1 Å². The van der Waals surface area contributed by atoms with Crippen molar-refractivity contribution in [2.24, 2.45) is 0 Å². The molecule has 11 heteroatoms. The van der Waals surface area contributed by atoms with Crippen molar-refractivity contribution >= 4 is 39.1 Å². The highest BCUT2D eigenvalue weighted by Gasteiger charge is 2.33. The van der Waals surface area contributed by atoms with Crippen molar-refractivity contribution in [3.05, 3.63) is 82.9 Å². The smallest absolute Gasteiger partial charge is 0.264 e. The number of halogens is 1. The molecule has 0 fully saturated rings. The predicted octanol–water partition coefficient (Wildman–Crippen LogP) is 5.19. The number of anilines is 1. The quantitative estimate of drug-likeness (QED) is 0.284. The predicted molar refractivity (Wildman–Crippen MR) is 165 cm³/mol. The number of nitrogens with zero attached hydrogens (tertiary/aromatic N) is 2. The summed E-state index contributed by atoms with van der Waals surface area (Å²) in [4.78, 5) is 28.6. The molecule has 9 nitrogen and oxygen atoms in total. The van der Waals surface area contributed by atoms with E-state index >= 15 is 0 Å². The molecule has 2 amide bonds. The molecule has 2 atom stereocenters. The normalized spacial score (nSPS) is 12.6. The Morgan fingerprint density at radius 3 is 2.14 bits per heavy atom. The second-order valence-corrected chi connectivity index (χ2v) is 12.3. The van der Waals surface area contributed by atoms with Crippen molar-refractivity contribution < 1.29 is 27.5 Å². The number of aryl methyl sites for hydroxylation is 1. The summed E-state index contributed by atoms with van der Waals surface area (Å²) in [6.45, 7) is 6.80. The maximum atomic E-state index is 14.1. The first-order valence-corrected chi connectivity index (χ1v) is 15.4. The molecule has 3 aromatic carbocycles. The van der Waals surface area contributed by atoms with Crippen molar-refractivity contribution in [3.63, 3.8) is 0 Å². The number of nitrogens with one attached hydrogen (secondary N) is 1. The number of hydrogen-bond donors (Lipinski definition) is 1. The van der Waals surface area contributed by atoms with Crippen LogP contribution in [0.15, 0.2) is 71.6 Å². The Balaban J connectivity index is 2.05. The van der Waals surface area contributed by atoms with Crippen molar-refractivity contribution in [2.45, 2.75) is 57.6 Å². The van der Waals surface area contributed by atoms with Crippen molar-refractivity contribution in [2.75, 3.05) is 25.1 Å². The Labute approximate surface area is 253 Å². The number of hydrogen-bond acceptors (Lipinski definition) is 6. The third-order valence-electron chi connectivity index (χ3n) is 6.99. The van der Waals surface area contributed by atoms with Gasteiger partial charge in [0, 0.05) is 12.6 Å². The molecule has 0 saturated carbocycles. The van der Waals surface area contributed by atoms with Crippen LogP contribution >= 0.6 is 11.6 Å². The van der Waals surface area contributed by atoms with Gasteiger partial charge in [-0.1, -0.05) is 48.4 Å². The van der Waals surface area contributed by atoms with Crippen LogP contribution in [0, 0.1) is 6.92 Å². The molecule has 0 aliphatic carbocycles. The number of benzene rings is 3. The summed E-state index contributed by atoms with van der Waals surface area (Å²) in [5.41, 5.74) is 1.81. The summed E-state index contributed by atoms with van der Waals surface area (Å²) in [5.74, 6) is 0.0914. The maximum Gasteiger partial charge on any atom is 0.264 e. The highest BCUT2D eigenvalue weighted by atomic mass is 35.5. The Bertz CT molecular complexity index is 1480. The van der Waals surface area contributed by atoms with Crippen LogP contribution in [-0.4, -0.2) is 58.0 Å². The minimum atomic E-state index is -4.22. The first-order valence-electron chi connectivity index (χ1n) is 13.6. The van der Waals surface area contributed by atoms with Crippen molar-refractivity contribution in [1.82, 2.24) is 10.2 Å². The summed E-state index contributed by atoms with van der Waals surface area (Å²) in [5, 5.41) is 3.10. The standard InChI is InChI=1S/C31H38ClN3O6S/c1-7-22(3)33-31(37)23(4)34(19-24-10-13-26(40-5)14-11-24)30(36)20-35(25-12-17-29(41-6)28(32)18-25)42(38,39)27-15-8-21(2)9-16-27/h8-18,22-23H,7,19-20H2,1-6H3,(H,33,37)/t22-,23-/m1/s1. The number of methoxy groups -OCH3 is 2. The van der Waals surface area contributed by atoms with Crippen LogP contribution in [0.1, 0.15) is 38.3 Å². The lowest BCUT2D eigenvalue weighted by atomic mass is 10.1. The lowest BCUT2D eigenvalue weighted by Gasteiger charge is -2.32. The molecule has 0 bridgehead atoms. The van der Waals surface area contributed by atoms with Gasteiger partial charge in [-0.3, -0.25) is 13.9 Å². The van der Waals surface area contributed by atoms with Gasteiger partial charge in [-0.2, -0.15) is 0 Å². The number of amides is 2. The maximum absolute atomic E-state index is 14.1. The van der Waals surface area contributed by atoms with Gasteiger partial charge in [-0.25, -0.2) is 8.42 Å². The van der Waals surface area contributed by atoms with Gasteiger partial charge in [-0.15, -0.1) is 0 Å². The Morgan fingerprint density at radius 2 is 1.60 bits per heavy atom. The molecule has 0 unspecified atom stereocenters. The molecule has 3 aromatic rings. The number of ether oxygens (including phenoxy) is 2. The number of carbonyl (C=O) groups is 2. The SMILES string of the molecule is CC[C@@H](C)NC(=O)[C@@H](C)N(Cc1ccc(OC)cc1)C(=O)CN(c1ccc(OC)c(Cl)c1)S(=O)(=O)c1ccc(C)cc1. The van der Waals surface area contributed by atoms with Crippen LogP contribution in [0.25, 0.3) is 0 Å². The molecule has 0 aliphatic rings. The van der Waals surface area contributed by atoms with E-state index in [2.05, 4.69) is 5.32 Å². The Kier molecular flexibility index (Phi) is 11.2. The van der Waals surface area contributed by atoms with Gasteiger partial charge >= 0.3 is 0 Å². The van der Waals surface area contributed by atoms with Gasteiger partial charge in [-0.05, 0) is 75.2 Å². The van der Waals surface area contributed by atoms with E-state index in [1.165, 1.54) is 42.3 Å². The van der Waals surface area contributed by atoms with E-state index in [0.717, 1.165) is 15.4 Å². The van der Waals surface area contributed by atoms with Gasteiger partial charge in [0.15, 0.2) is 0 Å². The molecule has 0 aromatic heterocycles. The van der Waals surface area contributed by atoms with Crippen LogP contribution in [-0.2, 0) is 26.2 Å².